The largest absolute Gasteiger partial charge is 0.347 e. The predicted molar refractivity (Wildman–Crippen MR) is 157 cm³/mol. The zero-order valence-electron chi connectivity index (χ0n) is 22.8. The predicted octanol–water partition coefficient (Wildman–Crippen LogP) is 6.18. The highest BCUT2D eigenvalue weighted by atomic mass is 35.5. The van der Waals surface area contributed by atoms with Crippen LogP contribution in [0.3, 0.4) is 0 Å². The van der Waals surface area contributed by atoms with Crippen molar-refractivity contribution >= 4 is 35.0 Å². The molecule has 5 rings (SSSR count). The number of piperidine rings is 1. The van der Waals surface area contributed by atoms with E-state index in [2.05, 4.69) is 22.3 Å². The molecule has 1 aliphatic carbocycles. The van der Waals surface area contributed by atoms with E-state index in [9.17, 15) is 14.0 Å². The number of likely N-dealkylation sites (N-methyl/N-ethyl adjacent to an activating group) is 1. The molecule has 8 heteroatoms. The molecule has 0 radical (unpaired) electrons. The third-order valence-electron chi connectivity index (χ3n) is 8.53. The Bertz CT molecular complexity index is 1380. The van der Waals surface area contributed by atoms with Crippen molar-refractivity contribution in [2.24, 2.45) is 5.92 Å². The van der Waals surface area contributed by atoms with Gasteiger partial charge in [0.15, 0.2) is 0 Å². The second-order valence-corrected chi connectivity index (χ2v) is 12.0. The summed E-state index contributed by atoms with van der Waals surface area (Å²) in [5.41, 5.74) is 1.77. The molecule has 2 aliphatic rings. The highest BCUT2D eigenvalue weighted by Gasteiger charge is 2.62. The Morgan fingerprint density at radius 1 is 0.975 bits per heavy atom. The molecule has 40 heavy (non-hydrogen) atoms. The van der Waals surface area contributed by atoms with Crippen molar-refractivity contribution in [2.45, 2.75) is 43.7 Å². The van der Waals surface area contributed by atoms with Crippen LogP contribution in [-0.2, 0) is 27.1 Å². The van der Waals surface area contributed by atoms with Gasteiger partial charge in [-0.2, -0.15) is 0 Å². The molecule has 1 aliphatic heterocycles. The van der Waals surface area contributed by atoms with Crippen LogP contribution in [0.2, 0.25) is 10.0 Å². The number of benzene rings is 3. The van der Waals surface area contributed by atoms with Gasteiger partial charge >= 0.3 is 0 Å². The molecule has 2 fully saturated rings. The molecule has 3 aromatic carbocycles. The van der Waals surface area contributed by atoms with Gasteiger partial charge in [-0.05, 0) is 66.1 Å². The molecule has 1 N–H and O–H groups in total. The number of carbonyl (C=O) groups is 2. The number of carbonyl (C=O) groups excluding carboxylic acids is 2. The Labute approximate surface area is 245 Å². The van der Waals surface area contributed by atoms with Crippen LogP contribution in [0, 0.1) is 11.7 Å². The topological polar surface area (TPSA) is 52.7 Å². The molecular weight excluding hydrogens is 548 g/mol. The smallest absolute Gasteiger partial charge is 0.233 e. The van der Waals surface area contributed by atoms with Crippen molar-refractivity contribution < 1.29 is 14.0 Å². The van der Waals surface area contributed by atoms with E-state index in [-0.39, 0.29) is 29.1 Å². The Morgan fingerprint density at radius 3 is 2.27 bits per heavy atom. The average Bonchev–Trinajstić information content (AvgIpc) is 3.67. The van der Waals surface area contributed by atoms with E-state index in [4.69, 9.17) is 23.2 Å². The fourth-order valence-electron chi connectivity index (χ4n) is 6.35. The van der Waals surface area contributed by atoms with Gasteiger partial charge in [0, 0.05) is 40.2 Å². The molecule has 0 aromatic heterocycles. The minimum atomic E-state index is -0.700. The molecule has 1 saturated heterocycles. The van der Waals surface area contributed by atoms with Crippen molar-refractivity contribution in [3.8, 4) is 0 Å². The van der Waals surface area contributed by atoms with Crippen molar-refractivity contribution in [3.05, 3.63) is 105 Å². The maximum absolute atomic E-state index is 14.1. The summed E-state index contributed by atoms with van der Waals surface area (Å²) < 4.78 is 13.4. The maximum atomic E-state index is 14.1. The third-order valence-corrected chi connectivity index (χ3v) is 9.27. The van der Waals surface area contributed by atoms with Gasteiger partial charge in [-0.3, -0.25) is 9.59 Å². The Balaban J connectivity index is 1.34. The number of halogens is 3. The van der Waals surface area contributed by atoms with E-state index >= 15 is 0 Å². The first-order chi connectivity index (χ1) is 19.1. The minimum Gasteiger partial charge on any atom is -0.347 e. The Morgan fingerprint density at radius 2 is 1.65 bits per heavy atom. The van der Waals surface area contributed by atoms with Crippen molar-refractivity contribution in [1.82, 2.24) is 15.1 Å². The van der Waals surface area contributed by atoms with E-state index in [0.29, 0.717) is 23.0 Å². The highest BCUT2D eigenvalue weighted by molar-refractivity contribution is 6.42. The molecular formula is C32H34Cl2FN3O2. The summed E-state index contributed by atoms with van der Waals surface area (Å²) in [4.78, 5) is 30.3. The lowest BCUT2D eigenvalue weighted by atomic mass is 9.80. The molecule has 1 saturated carbocycles. The summed E-state index contributed by atoms with van der Waals surface area (Å²) in [5, 5.41) is 4.12. The third kappa shape index (κ3) is 5.76. The Kier molecular flexibility index (Phi) is 8.23. The number of nitrogens with zero attached hydrogens (tertiary/aromatic N) is 2. The maximum Gasteiger partial charge on any atom is 0.233 e. The van der Waals surface area contributed by atoms with Crippen molar-refractivity contribution in [2.75, 3.05) is 26.7 Å². The van der Waals surface area contributed by atoms with Gasteiger partial charge < -0.3 is 15.1 Å². The van der Waals surface area contributed by atoms with Crippen LogP contribution in [0.5, 0.6) is 0 Å². The van der Waals surface area contributed by atoms with E-state index in [1.807, 2.05) is 30.3 Å². The number of nitrogens with one attached hydrogen (secondary N) is 1. The zero-order valence-corrected chi connectivity index (χ0v) is 24.3. The number of hydrogen-bond acceptors (Lipinski definition) is 3. The second kappa shape index (κ2) is 11.5. The normalized spacial score (nSPS) is 22.0. The first-order valence-corrected chi connectivity index (χ1v) is 14.4. The van der Waals surface area contributed by atoms with Crippen LogP contribution in [0.1, 0.15) is 42.9 Å². The van der Waals surface area contributed by atoms with Gasteiger partial charge in [-0.15, -0.1) is 0 Å². The van der Waals surface area contributed by atoms with Crippen molar-refractivity contribution in [3.63, 3.8) is 0 Å². The summed E-state index contributed by atoms with van der Waals surface area (Å²) >= 11 is 12.6. The number of amides is 2. The fourth-order valence-corrected chi connectivity index (χ4v) is 6.65. The van der Waals surface area contributed by atoms with Crippen LogP contribution >= 0.6 is 23.2 Å². The number of hydrogen-bond donors (Lipinski definition) is 1. The van der Waals surface area contributed by atoms with Gasteiger partial charge in [0.25, 0.3) is 0 Å². The first-order valence-electron chi connectivity index (χ1n) is 13.7. The van der Waals surface area contributed by atoms with Gasteiger partial charge in [0.1, 0.15) is 5.82 Å². The molecule has 2 amide bonds. The summed E-state index contributed by atoms with van der Waals surface area (Å²) in [7, 11) is 1.79. The molecule has 5 nitrogen and oxygen atoms in total. The van der Waals surface area contributed by atoms with Gasteiger partial charge in [0.05, 0.1) is 21.0 Å². The van der Waals surface area contributed by atoms with E-state index in [1.54, 1.807) is 37.1 Å². The summed E-state index contributed by atoms with van der Waals surface area (Å²) in [6.45, 7) is 4.34. The van der Waals surface area contributed by atoms with Gasteiger partial charge in [0.2, 0.25) is 11.8 Å². The summed E-state index contributed by atoms with van der Waals surface area (Å²) in [6.07, 6.45) is 2.30. The van der Waals surface area contributed by atoms with E-state index < -0.39 is 5.41 Å². The molecule has 1 heterocycles. The first kappa shape index (κ1) is 28.6. The molecule has 0 spiro atoms. The van der Waals surface area contributed by atoms with E-state index in [0.717, 1.165) is 49.2 Å². The average molecular weight is 583 g/mol. The summed E-state index contributed by atoms with van der Waals surface area (Å²) in [5.74, 6) is -0.205. The lowest BCUT2D eigenvalue weighted by Crippen LogP contribution is -2.53. The van der Waals surface area contributed by atoms with Crippen LogP contribution in [-0.4, -0.2) is 48.3 Å². The van der Waals surface area contributed by atoms with Crippen LogP contribution < -0.4 is 5.32 Å². The Hall–Kier alpha value is -2.93. The van der Waals surface area contributed by atoms with E-state index in [1.165, 1.54) is 12.1 Å². The zero-order chi connectivity index (χ0) is 28.5. The minimum absolute atomic E-state index is 0.0223. The quantitative estimate of drug-likeness (QED) is 0.346. The lowest BCUT2D eigenvalue weighted by Gasteiger charge is -2.43. The number of rotatable bonds is 8. The fraction of sp³-hybridized carbons (Fsp3) is 0.375. The van der Waals surface area contributed by atoms with Gasteiger partial charge in [-0.1, -0.05) is 71.7 Å². The second-order valence-electron chi connectivity index (χ2n) is 11.2. The monoisotopic (exact) mass is 581 g/mol. The highest BCUT2D eigenvalue weighted by Crippen LogP contribution is 2.56. The summed E-state index contributed by atoms with van der Waals surface area (Å²) in [6, 6.07) is 21.9. The number of likely N-dealkylation sites (tertiary alicyclic amines) is 1. The van der Waals surface area contributed by atoms with Crippen LogP contribution in [0.25, 0.3) is 0 Å². The lowest BCUT2D eigenvalue weighted by molar-refractivity contribution is -0.133. The van der Waals surface area contributed by atoms with Crippen LogP contribution in [0.4, 0.5) is 4.39 Å². The standard InChI is InChI=1S/C32H34Cl2FN3O2/c1-22(39)36-31(24-6-4-3-5-7-24)14-16-38(17-15-31)21-26-19-32(26,25-10-13-28(33)29(34)18-25)30(40)37(2)20-23-8-11-27(35)12-9-23/h3-13,18,26H,14-17,19-21H2,1-2H3,(H,36,39)/t26-,32+/m0/s1. The van der Waals surface area contributed by atoms with Gasteiger partial charge in [-0.25, -0.2) is 4.39 Å². The molecule has 210 valence electrons. The van der Waals surface area contributed by atoms with Crippen LogP contribution in [0.15, 0.2) is 72.8 Å². The van der Waals surface area contributed by atoms with Crippen molar-refractivity contribution in [1.29, 1.82) is 0 Å². The molecule has 3 aromatic rings. The molecule has 0 unspecified atom stereocenters. The molecule has 0 bridgehead atoms. The molecule has 2 atom stereocenters. The SMILES string of the molecule is CC(=O)NC1(c2ccccc2)CCN(C[C@@H]2C[C@@]2(C(=O)N(C)Cc2ccc(F)cc2)c2ccc(Cl)c(Cl)c2)CC1.